The molecular weight excluding hydrogens is 274 g/mol. The van der Waals surface area contributed by atoms with Crippen LogP contribution in [0.2, 0.25) is 0 Å². The number of rotatable bonds is 4. The van der Waals surface area contributed by atoms with Crippen LogP contribution in [0.25, 0.3) is 0 Å². The summed E-state index contributed by atoms with van der Waals surface area (Å²) in [5.74, 6) is -0.539. The van der Waals surface area contributed by atoms with Crippen LogP contribution in [0.15, 0.2) is 0 Å². The molecule has 0 spiro atoms. The van der Waals surface area contributed by atoms with Crippen LogP contribution >= 0.6 is 0 Å². The summed E-state index contributed by atoms with van der Waals surface area (Å²) in [4.78, 5) is 35.9. The van der Waals surface area contributed by atoms with E-state index in [1.807, 2.05) is 6.92 Å². The lowest BCUT2D eigenvalue weighted by Crippen LogP contribution is -2.50. The largest absolute Gasteiger partial charge is 0.481 e. The summed E-state index contributed by atoms with van der Waals surface area (Å²) in [6, 6.07) is -0.287. The van der Waals surface area contributed by atoms with Gasteiger partial charge < -0.3 is 20.6 Å². The molecule has 3 amide bonds. The maximum absolute atomic E-state index is 12.2. The van der Waals surface area contributed by atoms with Crippen LogP contribution in [0, 0.1) is 11.8 Å². The highest BCUT2D eigenvalue weighted by Gasteiger charge is 2.30. The maximum Gasteiger partial charge on any atom is 0.317 e. The molecule has 0 aromatic carbocycles. The standard InChI is InChI=1S/C14H23N3O4/c1-9(5-13(19)20)10-3-2-4-17(8-10)14(21)16-11-6-12(18)15-7-11/h9-11H,2-8H2,1H3,(H,15,18)(H,16,21)(H,19,20). The van der Waals surface area contributed by atoms with Crippen molar-refractivity contribution in [2.45, 2.75) is 38.6 Å². The Morgan fingerprint density at radius 3 is 2.90 bits per heavy atom. The molecule has 2 aliphatic rings. The third-order valence-electron chi connectivity index (χ3n) is 4.35. The van der Waals surface area contributed by atoms with E-state index in [9.17, 15) is 14.4 Å². The van der Waals surface area contributed by atoms with Gasteiger partial charge in [-0.2, -0.15) is 0 Å². The second kappa shape index (κ2) is 6.78. The molecule has 2 aliphatic heterocycles. The average molecular weight is 297 g/mol. The third kappa shape index (κ3) is 4.34. The van der Waals surface area contributed by atoms with E-state index in [4.69, 9.17) is 5.11 Å². The Morgan fingerprint density at radius 2 is 2.29 bits per heavy atom. The molecule has 0 saturated carbocycles. The second-order valence-electron chi connectivity index (χ2n) is 6.08. The Hall–Kier alpha value is -1.79. The first-order chi connectivity index (χ1) is 9.95. The number of urea groups is 1. The van der Waals surface area contributed by atoms with Crippen LogP contribution in [-0.2, 0) is 9.59 Å². The van der Waals surface area contributed by atoms with Gasteiger partial charge in [-0.25, -0.2) is 4.79 Å². The molecule has 3 atom stereocenters. The van der Waals surface area contributed by atoms with Crippen molar-refractivity contribution in [1.82, 2.24) is 15.5 Å². The summed E-state index contributed by atoms with van der Waals surface area (Å²) in [7, 11) is 0. The molecule has 2 heterocycles. The summed E-state index contributed by atoms with van der Waals surface area (Å²) in [5.41, 5.74) is 0. The molecule has 0 radical (unpaired) electrons. The second-order valence-corrected chi connectivity index (χ2v) is 6.08. The molecule has 0 bridgehead atoms. The monoisotopic (exact) mass is 297 g/mol. The zero-order chi connectivity index (χ0) is 15.4. The number of nitrogens with zero attached hydrogens (tertiary/aromatic N) is 1. The van der Waals surface area contributed by atoms with Gasteiger partial charge in [-0.1, -0.05) is 6.92 Å². The number of carbonyl (C=O) groups excluding carboxylic acids is 2. The molecule has 7 nitrogen and oxygen atoms in total. The van der Waals surface area contributed by atoms with Crippen LogP contribution in [0.1, 0.15) is 32.6 Å². The molecule has 2 fully saturated rings. The van der Waals surface area contributed by atoms with E-state index in [0.717, 1.165) is 12.8 Å². The quantitative estimate of drug-likeness (QED) is 0.700. The zero-order valence-electron chi connectivity index (χ0n) is 12.3. The third-order valence-corrected chi connectivity index (χ3v) is 4.35. The zero-order valence-corrected chi connectivity index (χ0v) is 12.3. The van der Waals surface area contributed by atoms with Crippen molar-refractivity contribution in [2.75, 3.05) is 19.6 Å². The van der Waals surface area contributed by atoms with Gasteiger partial charge in [0, 0.05) is 32.5 Å². The van der Waals surface area contributed by atoms with Crippen LogP contribution < -0.4 is 10.6 Å². The highest BCUT2D eigenvalue weighted by atomic mass is 16.4. The van der Waals surface area contributed by atoms with E-state index in [0.29, 0.717) is 26.1 Å². The Labute approximate surface area is 124 Å². The van der Waals surface area contributed by atoms with Crippen molar-refractivity contribution in [3.8, 4) is 0 Å². The van der Waals surface area contributed by atoms with Crippen LogP contribution in [0.3, 0.4) is 0 Å². The van der Waals surface area contributed by atoms with Gasteiger partial charge in [-0.15, -0.1) is 0 Å². The number of amides is 3. The number of piperidine rings is 1. The van der Waals surface area contributed by atoms with E-state index in [-0.39, 0.29) is 36.2 Å². The minimum atomic E-state index is -0.792. The van der Waals surface area contributed by atoms with E-state index in [1.165, 1.54) is 0 Å². The Balaban J connectivity index is 1.83. The van der Waals surface area contributed by atoms with Crippen molar-refractivity contribution < 1.29 is 19.5 Å². The van der Waals surface area contributed by atoms with E-state index >= 15 is 0 Å². The highest BCUT2D eigenvalue weighted by Crippen LogP contribution is 2.26. The smallest absolute Gasteiger partial charge is 0.317 e. The first-order valence-corrected chi connectivity index (χ1v) is 7.49. The van der Waals surface area contributed by atoms with Gasteiger partial charge in [0.1, 0.15) is 0 Å². The number of aliphatic carboxylic acids is 1. The fourth-order valence-corrected chi connectivity index (χ4v) is 3.07. The molecular formula is C14H23N3O4. The predicted molar refractivity (Wildman–Crippen MR) is 75.7 cm³/mol. The number of hydrogen-bond acceptors (Lipinski definition) is 3. The fourth-order valence-electron chi connectivity index (χ4n) is 3.07. The van der Waals surface area contributed by atoms with Gasteiger partial charge in [0.15, 0.2) is 0 Å². The minimum absolute atomic E-state index is 0.0353. The minimum Gasteiger partial charge on any atom is -0.481 e. The summed E-state index contributed by atoms with van der Waals surface area (Å²) in [6.07, 6.45) is 2.32. The van der Waals surface area contributed by atoms with Gasteiger partial charge >= 0.3 is 12.0 Å². The van der Waals surface area contributed by atoms with Gasteiger partial charge in [0.2, 0.25) is 5.91 Å². The van der Waals surface area contributed by atoms with Crippen LogP contribution in [-0.4, -0.2) is 53.6 Å². The highest BCUT2D eigenvalue weighted by molar-refractivity contribution is 5.81. The van der Waals surface area contributed by atoms with E-state index in [2.05, 4.69) is 10.6 Å². The lowest BCUT2D eigenvalue weighted by atomic mass is 9.85. The summed E-state index contributed by atoms with van der Waals surface area (Å²) in [5, 5.41) is 14.4. The molecule has 21 heavy (non-hydrogen) atoms. The molecule has 2 saturated heterocycles. The number of carbonyl (C=O) groups is 3. The Bertz CT molecular complexity index is 426. The van der Waals surface area contributed by atoms with Crippen molar-refractivity contribution in [3.05, 3.63) is 0 Å². The molecule has 3 unspecified atom stereocenters. The van der Waals surface area contributed by atoms with Gasteiger partial charge in [0.25, 0.3) is 0 Å². The van der Waals surface area contributed by atoms with Gasteiger partial charge in [0.05, 0.1) is 6.04 Å². The molecule has 118 valence electrons. The normalized spacial score (nSPS) is 27.1. The number of nitrogens with one attached hydrogen (secondary N) is 2. The van der Waals surface area contributed by atoms with Crippen molar-refractivity contribution in [3.63, 3.8) is 0 Å². The summed E-state index contributed by atoms with van der Waals surface area (Å²) >= 11 is 0. The number of likely N-dealkylation sites (tertiary alicyclic amines) is 1. The molecule has 3 N–H and O–H groups in total. The Morgan fingerprint density at radius 1 is 1.52 bits per heavy atom. The SMILES string of the molecule is CC(CC(=O)O)C1CCCN(C(=O)NC2CNC(=O)C2)C1. The fraction of sp³-hybridized carbons (Fsp3) is 0.786. The van der Waals surface area contributed by atoms with Gasteiger partial charge in [-0.3, -0.25) is 9.59 Å². The predicted octanol–water partition coefficient (Wildman–Crippen LogP) is 0.407. The maximum atomic E-state index is 12.2. The summed E-state index contributed by atoms with van der Waals surface area (Å²) in [6.45, 7) is 3.70. The lowest BCUT2D eigenvalue weighted by molar-refractivity contribution is -0.138. The van der Waals surface area contributed by atoms with E-state index in [1.54, 1.807) is 4.90 Å². The molecule has 0 aliphatic carbocycles. The van der Waals surface area contributed by atoms with Crippen molar-refractivity contribution >= 4 is 17.9 Å². The number of hydrogen-bond donors (Lipinski definition) is 3. The summed E-state index contributed by atoms with van der Waals surface area (Å²) < 4.78 is 0. The Kier molecular flexibility index (Phi) is 5.03. The van der Waals surface area contributed by atoms with E-state index < -0.39 is 5.97 Å². The topological polar surface area (TPSA) is 98.7 Å². The molecule has 0 aromatic heterocycles. The first kappa shape index (κ1) is 15.6. The van der Waals surface area contributed by atoms with Gasteiger partial charge in [-0.05, 0) is 24.7 Å². The molecule has 0 aromatic rings. The van der Waals surface area contributed by atoms with Crippen LogP contribution in [0.5, 0.6) is 0 Å². The van der Waals surface area contributed by atoms with Crippen molar-refractivity contribution in [1.29, 1.82) is 0 Å². The average Bonchev–Trinajstić information content (AvgIpc) is 2.83. The number of carboxylic acid groups (broad SMARTS) is 1. The first-order valence-electron chi connectivity index (χ1n) is 7.49. The van der Waals surface area contributed by atoms with Crippen LogP contribution in [0.4, 0.5) is 4.79 Å². The van der Waals surface area contributed by atoms with Crippen molar-refractivity contribution in [2.24, 2.45) is 11.8 Å². The number of carboxylic acids is 1. The molecule has 7 heteroatoms. The lowest BCUT2D eigenvalue weighted by Gasteiger charge is -2.35. The molecule has 2 rings (SSSR count).